The van der Waals surface area contributed by atoms with Gasteiger partial charge in [-0.15, -0.1) is 0 Å². The van der Waals surface area contributed by atoms with E-state index < -0.39 is 0 Å². The molecular weight excluding hydrogens is 424 g/mol. The zero-order valence-electron chi connectivity index (χ0n) is 22.3. The summed E-state index contributed by atoms with van der Waals surface area (Å²) < 4.78 is 4.86. The Hall–Kier alpha value is -2.35. The summed E-state index contributed by atoms with van der Waals surface area (Å²) in [6.45, 7) is 4.31. The number of rotatable bonds is 19. The highest BCUT2D eigenvalue weighted by atomic mass is 15.1. The van der Waals surface area contributed by atoms with Gasteiger partial charge in [-0.25, -0.2) is 9.13 Å². The summed E-state index contributed by atoms with van der Waals surface area (Å²) >= 11 is 0. The number of unbranched alkanes of at least 4 members (excludes halogenated alkanes) is 14. The third kappa shape index (κ3) is 10.4. The van der Waals surface area contributed by atoms with E-state index >= 15 is 0 Å². The minimum Gasteiger partial charge on any atom is -0.230 e. The van der Waals surface area contributed by atoms with Crippen molar-refractivity contribution in [2.45, 2.75) is 116 Å². The predicted molar refractivity (Wildman–Crippen MR) is 151 cm³/mol. The molecule has 190 valence electrons. The Kier molecular flexibility index (Phi) is 13.3. The van der Waals surface area contributed by atoms with Crippen molar-refractivity contribution in [2.24, 2.45) is 0 Å². The zero-order chi connectivity index (χ0) is 24.4. The number of aryl methyl sites for hydroxylation is 1. The molecule has 3 aromatic rings. The summed E-state index contributed by atoms with van der Waals surface area (Å²) in [4.78, 5) is 0. The summed E-state index contributed by atoms with van der Waals surface area (Å²) in [5.41, 5.74) is 2.65. The summed E-state index contributed by atoms with van der Waals surface area (Å²) in [7, 11) is 0. The molecule has 1 aromatic heterocycles. The van der Waals surface area contributed by atoms with Crippen molar-refractivity contribution < 1.29 is 4.57 Å². The van der Waals surface area contributed by atoms with Crippen LogP contribution in [0.5, 0.6) is 0 Å². The summed E-state index contributed by atoms with van der Waals surface area (Å²) in [6.07, 6.45) is 25.7. The highest BCUT2D eigenvalue weighted by Crippen LogP contribution is 2.18. The largest absolute Gasteiger partial charge is 0.289 e. The van der Waals surface area contributed by atoms with Crippen LogP contribution in [0.25, 0.3) is 11.4 Å². The molecule has 0 bridgehead atoms. The zero-order valence-corrected chi connectivity index (χ0v) is 22.3. The van der Waals surface area contributed by atoms with Gasteiger partial charge in [-0.1, -0.05) is 139 Å². The van der Waals surface area contributed by atoms with Crippen LogP contribution >= 0.6 is 0 Å². The number of nitrogens with zero attached hydrogens (tertiary/aromatic N) is 2. The number of imidazole rings is 1. The van der Waals surface area contributed by atoms with Gasteiger partial charge >= 0.3 is 0 Å². The maximum Gasteiger partial charge on any atom is 0.289 e. The third-order valence-electron chi connectivity index (χ3n) is 7.20. The number of aromatic nitrogens is 2. The molecule has 0 N–H and O–H groups in total. The molecule has 0 radical (unpaired) electrons. The molecule has 0 spiro atoms. The van der Waals surface area contributed by atoms with Gasteiger partial charge in [0.15, 0.2) is 0 Å². The van der Waals surface area contributed by atoms with Gasteiger partial charge in [0.2, 0.25) is 0 Å². The highest BCUT2D eigenvalue weighted by Gasteiger charge is 2.19. The molecule has 0 atom stereocenters. The molecule has 35 heavy (non-hydrogen) atoms. The quantitative estimate of drug-likeness (QED) is 0.121. The maximum absolute atomic E-state index is 2.46. The molecule has 2 nitrogen and oxygen atoms in total. The van der Waals surface area contributed by atoms with Crippen LogP contribution in [0.3, 0.4) is 0 Å². The van der Waals surface area contributed by atoms with Crippen molar-refractivity contribution in [3.8, 4) is 11.4 Å². The Balaban J connectivity index is 1.32. The van der Waals surface area contributed by atoms with Crippen LogP contribution in [0.4, 0.5) is 0 Å². The molecular formula is C33H49N2+. The van der Waals surface area contributed by atoms with Crippen LogP contribution in [0.2, 0.25) is 0 Å². The standard InChI is InChI=1S/C33H49N2/c1-2-3-4-5-6-7-8-9-10-11-12-13-14-15-22-27-34-28-29-35(30-31-23-18-16-19-24-31)33(34)32-25-20-17-21-26-32/h16-21,23-26,28-29H,2-15,22,27,30H2,1H3/q+1. The molecule has 2 aromatic carbocycles. The van der Waals surface area contributed by atoms with Crippen LogP contribution in [0, 0.1) is 0 Å². The van der Waals surface area contributed by atoms with Gasteiger partial charge < -0.3 is 0 Å². The van der Waals surface area contributed by atoms with Crippen LogP contribution in [0.1, 0.15) is 109 Å². The topological polar surface area (TPSA) is 8.81 Å². The van der Waals surface area contributed by atoms with Crippen LogP contribution in [0.15, 0.2) is 73.1 Å². The Morgan fingerprint density at radius 2 is 1.06 bits per heavy atom. The second-order valence-electron chi connectivity index (χ2n) is 10.2. The van der Waals surface area contributed by atoms with E-state index in [-0.39, 0.29) is 0 Å². The van der Waals surface area contributed by atoms with Gasteiger partial charge in [0.25, 0.3) is 5.82 Å². The van der Waals surface area contributed by atoms with E-state index in [1.807, 2.05) is 0 Å². The highest BCUT2D eigenvalue weighted by molar-refractivity contribution is 5.52. The molecule has 0 aliphatic rings. The van der Waals surface area contributed by atoms with Gasteiger partial charge in [0, 0.05) is 0 Å². The first kappa shape index (κ1) is 27.2. The first-order chi connectivity index (χ1) is 17.4. The van der Waals surface area contributed by atoms with E-state index in [1.54, 1.807) is 0 Å². The fourth-order valence-corrected chi connectivity index (χ4v) is 5.13. The Morgan fingerprint density at radius 1 is 0.571 bits per heavy atom. The minimum absolute atomic E-state index is 0.914. The molecule has 0 aliphatic carbocycles. The third-order valence-corrected chi connectivity index (χ3v) is 7.20. The molecule has 3 rings (SSSR count). The number of benzene rings is 2. The van der Waals surface area contributed by atoms with Gasteiger partial charge in [-0.05, 0) is 30.5 Å². The van der Waals surface area contributed by atoms with Gasteiger partial charge in [0.1, 0.15) is 18.9 Å². The van der Waals surface area contributed by atoms with Gasteiger partial charge in [-0.2, -0.15) is 0 Å². The Morgan fingerprint density at radius 3 is 1.60 bits per heavy atom. The molecule has 0 fully saturated rings. The van der Waals surface area contributed by atoms with Crippen LogP contribution in [-0.4, -0.2) is 4.57 Å². The SMILES string of the molecule is CCCCCCCCCCCCCCCCC[n+]1ccn(Cc2ccccc2)c1-c1ccccc1. The lowest BCUT2D eigenvalue weighted by Gasteiger charge is -2.06. The monoisotopic (exact) mass is 473 g/mol. The Bertz CT molecular complexity index is 897. The normalized spacial score (nSPS) is 11.2. The van der Waals surface area contributed by atoms with Crippen molar-refractivity contribution in [1.82, 2.24) is 4.57 Å². The van der Waals surface area contributed by atoms with E-state index in [9.17, 15) is 0 Å². The van der Waals surface area contributed by atoms with Crippen molar-refractivity contribution >= 4 is 0 Å². The first-order valence-corrected chi connectivity index (χ1v) is 14.6. The minimum atomic E-state index is 0.914. The van der Waals surface area contributed by atoms with E-state index in [0.717, 1.165) is 13.1 Å². The molecule has 0 saturated heterocycles. The van der Waals surface area contributed by atoms with Gasteiger partial charge in [0.05, 0.1) is 12.1 Å². The van der Waals surface area contributed by atoms with Crippen LogP contribution < -0.4 is 4.57 Å². The van der Waals surface area contributed by atoms with Gasteiger partial charge in [-0.3, -0.25) is 0 Å². The average molecular weight is 474 g/mol. The molecule has 0 unspecified atom stereocenters. The second kappa shape index (κ2) is 17.1. The van der Waals surface area contributed by atoms with Crippen LogP contribution in [-0.2, 0) is 13.1 Å². The number of hydrogen-bond acceptors (Lipinski definition) is 0. The fraction of sp³-hybridized carbons (Fsp3) is 0.545. The molecule has 0 saturated carbocycles. The predicted octanol–water partition coefficient (Wildman–Crippen LogP) is 9.36. The molecule has 1 heterocycles. The van der Waals surface area contributed by atoms with E-state index in [0.29, 0.717) is 0 Å². The van der Waals surface area contributed by atoms with Crippen molar-refractivity contribution in [1.29, 1.82) is 0 Å². The average Bonchev–Trinajstić information content (AvgIpc) is 3.29. The van der Waals surface area contributed by atoms with Crippen molar-refractivity contribution in [3.63, 3.8) is 0 Å². The molecule has 2 heteroatoms. The lowest BCUT2D eigenvalue weighted by Crippen LogP contribution is -2.35. The fourth-order valence-electron chi connectivity index (χ4n) is 5.13. The van der Waals surface area contributed by atoms with Crippen molar-refractivity contribution in [2.75, 3.05) is 0 Å². The van der Waals surface area contributed by atoms with E-state index in [2.05, 4.69) is 89.1 Å². The smallest absolute Gasteiger partial charge is 0.230 e. The summed E-state index contributed by atoms with van der Waals surface area (Å²) in [5.74, 6) is 1.32. The lowest BCUT2D eigenvalue weighted by molar-refractivity contribution is -0.686. The molecule has 0 amide bonds. The second-order valence-corrected chi connectivity index (χ2v) is 10.2. The summed E-state index contributed by atoms with van der Waals surface area (Å²) in [5, 5.41) is 0. The molecule has 0 aliphatic heterocycles. The first-order valence-electron chi connectivity index (χ1n) is 14.6. The number of hydrogen-bond donors (Lipinski definition) is 0. The Labute approximate surface area is 215 Å². The van der Waals surface area contributed by atoms with Crippen molar-refractivity contribution in [3.05, 3.63) is 78.6 Å². The maximum atomic E-state index is 2.46. The lowest BCUT2D eigenvalue weighted by atomic mass is 10.0. The van der Waals surface area contributed by atoms with E-state index in [1.165, 1.54) is 113 Å². The van der Waals surface area contributed by atoms with E-state index in [4.69, 9.17) is 0 Å². The summed E-state index contributed by atoms with van der Waals surface area (Å²) in [6, 6.07) is 21.7.